The van der Waals surface area contributed by atoms with E-state index in [1.807, 2.05) is 42.2 Å². The SMILES string of the molecule is C[C@H]1CN(C(=O)Nc2ccccc2F)CCN1c1ccc(NC(=O)c2oc(N3CCC(c4ccccc4)CC3)nc2C(F)(F)F)cn1. The first-order valence-corrected chi connectivity index (χ1v) is 15.3. The average molecular weight is 652 g/mol. The Labute approximate surface area is 268 Å². The Bertz CT molecular complexity index is 1710. The predicted molar refractivity (Wildman–Crippen MR) is 168 cm³/mol. The highest BCUT2D eigenvalue weighted by Crippen LogP contribution is 2.36. The number of oxazole rings is 1. The average Bonchev–Trinajstić information content (AvgIpc) is 3.54. The summed E-state index contributed by atoms with van der Waals surface area (Å²) in [6.45, 7) is 3.91. The van der Waals surface area contributed by atoms with E-state index < -0.39 is 35.4 Å². The van der Waals surface area contributed by atoms with Crippen molar-refractivity contribution >= 4 is 35.1 Å². The third-order valence-electron chi connectivity index (χ3n) is 8.46. The number of hydrogen-bond acceptors (Lipinski definition) is 7. The quantitative estimate of drug-likeness (QED) is 0.226. The molecule has 2 N–H and O–H groups in total. The Kier molecular flexibility index (Phi) is 9.01. The van der Waals surface area contributed by atoms with Crippen molar-refractivity contribution in [3.8, 4) is 0 Å². The molecule has 0 unspecified atom stereocenters. The van der Waals surface area contributed by atoms with E-state index in [1.54, 1.807) is 21.9 Å². The number of carbonyl (C=O) groups excluding carboxylic acids is 2. The van der Waals surface area contributed by atoms with Crippen LogP contribution in [0.3, 0.4) is 0 Å². The number of piperazine rings is 1. The Morgan fingerprint density at radius 2 is 1.64 bits per heavy atom. The Morgan fingerprint density at radius 3 is 2.30 bits per heavy atom. The van der Waals surface area contributed by atoms with Crippen LogP contribution in [-0.2, 0) is 6.18 Å². The molecule has 2 aliphatic heterocycles. The van der Waals surface area contributed by atoms with Crippen molar-refractivity contribution in [2.75, 3.05) is 53.2 Å². The van der Waals surface area contributed by atoms with E-state index in [0.717, 1.165) is 0 Å². The molecule has 0 saturated carbocycles. The van der Waals surface area contributed by atoms with Gasteiger partial charge in [-0.2, -0.15) is 18.2 Å². The summed E-state index contributed by atoms with van der Waals surface area (Å²) in [5.41, 5.74) is 0.0600. The van der Waals surface area contributed by atoms with Gasteiger partial charge in [0, 0.05) is 38.8 Å². The molecule has 0 radical (unpaired) electrons. The van der Waals surface area contributed by atoms with Crippen molar-refractivity contribution in [3.63, 3.8) is 0 Å². The highest BCUT2D eigenvalue weighted by molar-refractivity contribution is 6.03. The van der Waals surface area contributed by atoms with Crippen LogP contribution in [-0.4, -0.2) is 65.6 Å². The largest absolute Gasteiger partial charge is 0.437 e. The molecule has 4 aromatic rings. The number of amides is 3. The summed E-state index contributed by atoms with van der Waals surface area (Å²) in [4.78, 5) is 39.0. The second-order valence-corrected chi connectivity index (χ2v) is 11.6. The molecular weight excluding hydrogens is 618 g/mol. The monoisotopic (exact) mass is 651 g/mol. The first-order valence-electron chi connectivity index (χ1n) is 15.3. The number of halogens is 4. The Hall–Kier alpha value is -5.14. The van der Waals surface area contributed by atoms with Crippen LogP contribution in [0, 0.1) is 5.82 Å². The number of piperidine rings is 1. The van der Waals surface area contributed by atoms with Crippen molar-refractivity contribution in [1.82, 2.24) is 14.9 Å². The number of alkyl halides is 3. The number of urea groups is 1. The molecule has 14 heteroatoms. The number of nitrogens with one attached hydrogen (secondary N) is 2. The summed E-state index contributed by atoms with van der Waals surface area (Å²) in [6, 6.07) is 18.2. The van der Waals surface area contributed by atoms with E-state index in [1.165, 1.54) is 36.0 Å². The lowest BCUT2D eigenvalue weighted by molar-refractivity contribution is -0.141. The van der Waals surface area contributed by atoms with Crippen LogP contribution in [0.4, 0.5) is 45.6 Å². The maximum atomic E-state index is 14.0. The van der Waals surface area contributed by atoms with Gasteiger partial charge in [0.05, 0.1) is 17.6 Å². The molecule has 2 aromatic carbocycles. The van der Waals surface area contributed by atoms with Crippen LogP contribution in [0.5, 0.6) is 0 Å². The number of pyridine rings is 1. The number of nitrogens with zero attached hydrogens (tertiary/aromatic N) is 5. The number of para-hydroxylation sites is 1. The maximum absolute atomic E-state index is 14.0. The zero-order valence-corrected chi connectivity index (χ0v) is 25.5. The summed E-state index contributed by atoms with van der Waals surface area (Å²) in [5.74, 6) is -1.70. The molecule has 3 amide bonds. The Balaban J connectivity index is 1.08. The molecule has 2 aromatic heterocycles. The minimum Gasteiger partial charge on any atom is -0.417 e. The molecule has 47 heavy (non-hydrogen) atoms. The standard InChI is InChI=1S/C33H33F4N7O3/c1-21-20-43(31(46)40-26-10-6-5-9-25(26)34)17-18-44(21)27-12-11-24(19-38-27)39-30(45)28-29(33(35,36)37)41-32(47-28)42-15-13-23(14-16-42)22-7-3-2-4-8-22/h2-12,19,21,23H,13-18,20H2,1H3,(H,39,45)(H,40,46)/t21-/m0/s1. The molecule has 10 nitrogen and oxygen atoms in total. The van der Waals surface area contributed by atoms with Gasteiger partial charge in [-0.15, -0.1) is 0 Å². The fourth-order valence-corrected chi connectivity index (χ4v) is 5.98. The van der Waals surface area contributed by atoms with Crippen molar-refractivity contribution < 1.29 is 31.6 Å². The number of rotatable bonds is 6. The van der Waals surface area contributed by atoms with Gasteiger partial charge in [-0.05, 0) is 55.5 Å². The van der Waals surface area contributed by atoms with E-state index in [-0.39, 0.29) is 29.3 Å². The fourth-order valence-electron chi connectivity index (χ4n) is 5.98. The van der Waals surface area contributed by atoms with Crippen LogP contribution in [0.15, 0.2) is 77.3 Å². The van der Waals surface area contributed by atoms with Gasteiger partial charge in [0.1, 0.15) is 11.6 Å². The third-order valence-corrected chi connectivity index (χ3v) is 8.46. The van der Waals surface area contributed by atoms with Crippen LogP contribution in [0.2, 0.25) is 0 Å². The molecule has 0 spiro atoms. The van der Waals surface area contributed by atoms with Gasteiger partial charge in [0.15, 0.2) is 5.69 Å². The maximum Gasteiger partial charge on any atom is 0.437 e. The van der Waals surface area contributed by atoms with Crippen LogP contribution < -0.4 is 20.4 Å². The minimum atomic E-state index is -4.90. The topological polar surface area (TPSA) is 107 Å². The van der Waals surface area contributed by atoms with Gasteiger partial charge in [-0.3, -0.25) is 4.79 Å². The zero-order chi connectivity index (χ0) is 33.1. The minimum absolute atomic E-state index is 0.0965. The number of benzene rings is 2. The molecule has 2 aliphatic rings. The second kappa shape index (κ2) is 13.3. The lowest BCUT2D eigenvalue weighted by Gasteiger charge is -2.40. The summed E-state index contributed by atoms with van der Waals surface area (Å²) < 4.78 is 61.2. The van der Waals surface area contributed by atoms with Gasteiger partial charge in [-0.25, -0.2) is 14.2 Å². The predicted octanol–water partition coefficient (Wildman–Crippen LogP) is 6.61. The van der Waals surface area contributed by atoms with E-state index in [9.17, 15) is 27.2 Å². The number of aromatic nitrogens is 2. The summed E-state index contributed by atoms with van der Waals surface area (Å²) in [6.07, 6.45) is -2.14. The van der Waals surface area contributed by atoms with Gasteiger partial charge in [0.2, 0.25) is 5.76 Å². The summed E-state index contributed by atoms with van der Waals surface area (Å²) in [5, 5.41) is 5.03. The van der Waals surface area contributed by atoms with Gasteiger partial charge in [-0.1, -0.05) is 42.5 Å². The van der Waals surface area contributed by atoms with E-state index >= 15 is 0 Å². The lowest BCUT2D eigenvalue weighted by atomic mass is 9.90. The normalized spacial score (nSPS) is 17.5. The summed E-state index contributed by atoms with van der Waals surface area (Å²) in [7, 11) is 0. The molecule has 0 bridgehead atoms. The van der Waals surface area contributed by atoms with Crippen LogP contribution in [0.1, 0.15) is 47.5 Å². The van der Waals surface area contributed by atoms with E-state index in [4.69, 9.17) is 4.42 Å². The summed E-state index contributed by atoms with van der Waals surface area (Å²) >= 11 is 0. The fraction of sp³-hybridized carbons (Fsp3) is 0.333. The van der Waals surface area contributed by atoms with Crippen molar-refractivity contribution in [2.24, 2.45) is 0 Å². The molecule has 246 valence electrons. The van der Waals surface area contributed by atoms with Crippen LogP contribution in [0.25, 0.3) is 0 Å². The first kappa shape index (κ1) is 31.8. The van der Waals surface area contributed by atoms with Crippen molar-refractivity contribution in [3.05, 3.63) is 95.8 Å². The molecular formula is C33H33F4N7O3. The number of carbonyl (C=O) groups is 2. The van der Waals surface area contributed by atoms with Crippen molar-refractivity contribution in [1.29, 1.82) is 0 Å². The highest BCUT2D eigenvalue weighted by Gasteiger charge is 2.42. The smallest absolute Gasteiger partial charge is 0.417 e. The zero-order valence-electron chi connectivity index (χ0n) is 25.5. The van der Waals surface area contributed by atoms with E-state index in [0.29, 0.717) is 51.4 Å². The molecule has 4 heterocycles. The van der Waals surface area contributed by atoms with E-state index in [2.05, 4.69) is 20.6 Å². The number of anilines is 4. The molecule has 0 aliphatic carbocycles. The highest BCUT2D eigenvalue weighted by atomic mass is 19.4. The van der Waals surface area contributed by atoms with Gasteiger partial charge >= 0.3 is 12.2 Å². The molecule has 1 atom stereocenters. The molecule has 6 rings (SSSR count). The van der Waals surface area contributed by atoms with Gasteiger partial charge in [0.25, 0.3) is 11.9 Å². The third kappa shape index (κ3) is 7.16. The lowest BCUT2D eigenvalue weighted by Crippen LogP contribution is -2.55. The molecule has 2 fully saturated rings. The Morgan fingerprint density at radius 1 is 0.915 bits per heavy atom. The second-order valence-electron chi connectivity index (χ2n) is 11.6. The van der Waals surface area contributed by atoms with Gasteiger partial charge < -0.3 is 29.8 Å². The van der Waals surface area contributed by atoms with Crippen LogP contribution >= 0.6 is 0 Å². The number of hydrogen-bond donors (Lipinski definition) is 2. The van der Waals surface area contributed by atoms with Crippen molar-refractivity contribution in [2.45, 2.75) is 37.9 Å². The molecule has 2 saturated heterocycles. The first-order chi connectivity index (χ1) is 22.6.